The maximum absolute atomic E-state index is 13.0. The van der Waals surface area contributed by atoms with Gasteiger partial charge in [-0.15, -0.1) is 12.3 Å². The molecule has 6 nitrogen and oxygen atoms in total. The standard InChI is InChI=1S/C29H29BN2O4/c1-3-8-21-17-22(30(34)35)18-28(20(21)2)31-13-15-32(16-14-31)29(33)36-19-27-25-11-6-4-9-23(25)24-10-5-7-12-26(24)27/h1,4-7,9-12,17-18,27,34-35H,8,13-16,19H2,2H3. The second-order valence-corrected chi connectivity index (χ2v) is 9.36. The van der Waals surface area contributed by atoms with E-state index in [0.29, 0.717) is 44.7 Å². The van der Waals surface area contributed by atoms with E-state index in [2.05, 4.69) is 35.1 Å². The smallest absolute Gasteiger partial charge is 0.448 e. The lowest BCUT2D eigenvalue weighted by molar-refractivity contribution is 0.0977. The van der Waals surface area contributed by atoms with Gasteiger partial charge in [0.1, 0.15) is 6.61 Å². The summed E-state index contributed by atoms with van der Waals surface area (Å²) in [5.41, 5.74) is 8.05. The topological polar surface area (TPSA) is 73.2 Å². The second kappa shape index (κ2) is 10.1. The zero-order valence-electron chi connectivity index (χ0n) is 20.4. The molecular formula is C29H29BN2O4. The Morgan fingerprint density at radius 1 is 1.03 bits per heavy atom. The molecule has 2 aliphatic rings. The molecule has 36 heavy (non-hydrogen) atoms. The highest BCUT2D eigenvalue weighted by atomic mass is 16.6. The number of carbonyl (C=O) groups excluding carboxylic acids is 1. The molecule has 0 atom stereocenters. The Kier molecular flexibility index (Phi) is 6.73. The van der Waals surface area contributed by atoms with E-state index in [-0.39, 0.29) is 12.0 Å². The summed E-state index contributed by atoms with van der Waals surface area (Å²) < 4.78 is 5.83. The monoisotopic (exact) mass is 480 g/mol. The number of fused-ring (bicyclic) bond motifs is 3. The average molecular weight is 480 g/mol. The highest BCUT2D eigenvalue weighted by Crippen LogP contribution is 2.44. The van der Waals surface area contributed by atoms with Gasteiger partial charge in [-0.1, -0.05) is 54.6 Å². The van der Waals surface area contributed by atoms with Crippen LogP contribution in [0.5, 0.6) is 0 Å². The summed E-state index contributed by atoms with van der Waals surface area (Å²) in [4.78, 5) is 16.9. The van der Waals surface area contributed by atoms with Crippen LogP contribution in [0, 0.1) is 19.3 Å². The first-order valence-corrected chi connectivity index (χ1v) is 12.3. The highest BCUT2D eigenvalue weighted by molar-refractivity contribution is 6.58. The summed E-state index contributed by atoms with van der Waals surface area (Å²) in [5.74, 6) is 2.68. The van der Waals surface area contributed by atoms with Crippen molar-refractivity contribution in [3.05, 3.63) is 82.9 Å². The molecule has 1 amide bonds. The molecule has 1 heterocycles. The molecule has 0 aromatic heterocycles. The van der Waals surface area contributed by atoms with Crippen LogP contribution >= 0.6 is 0 Å². The molecule has 1 aliphatic heterocycles. The van der Waals surface area contributed by atoms with Crippen LogP contribution in [0.4, 0.5) is 10.5 Å². The highest BCUT2D eigenvalue weighted by Gasteiger charge is 2.31. The molecule has 0 spiro atoms. The molecule has 3 aromatic carbocycles. The summed E-state index contributed by atoms with van der Waals surface area (Å²) in [7, 11) is -1.57. The minimum atomic E-state index is -1.57. The van der Waals surface area contributed by atoms with Crippen molar-refractivity contribution in [2.75, 3.05) is 37.7 Å². The Labute approximate surface area is 212 Å². The number of hydrogen-bond acceptors (Lipinski definition) is 5. The van der Waals surface area contributed by atoms with Gasteiger partial charge >= 0.3 is 13.2 Å². The van der Waals surface area contributed by atoms with Gasteiger partial charge in [0.05, 0.1) is 0 Å². The molecule has 1 aliphatic carbocycles. The SMILES string of the molecule is C#CCc1cc(B(O)O)cc(N2CCN(C(=O)OCC3c4ccccc4-c4ccccc43)CC2)c1C. The number of ether oxygens (including phenoxy) is 1. The van der Waals surface area contributed by atoms with Crippen molar-refractivity contribution in [2.24, 2.45) is 0 Å². The third-order valence-corrected chi connectivity index (χ3v) is 7.32. The summed E-state index contributed by atoms with van der Waals surface area (Å²) in [6.07, 6.45) is 5.63. The van der Waals surface area contributed by atoms with Crippen molar-refractivity contribution >= 4 is 24.4 Å². The van der Waals surface area contributed by atoms with E-state index < -0.39 is 7.12 Å². The zero-order chi connectivity index (χ0) is 25.2. The fraction of sp³-hybridized carbons (Fsp3) is 0.276. The van der Waals surface area contributed by atoms with E-state index in [1.165, 1.54) is 22.3 Å². The quantitative estimate of drug-likeness (QED) is 0.434. The number of hydrogen-bond donors (Lipinski definition) is 2. The van der Waals surface area contributed by atoms with Gasteiger partial charge < -0.3 is 24.6 Å². The lowest BCUT2D eigenvalue weighted by atomic mass is 9.78. The summed E-state index contributed by atoms with van der Waals surface area (Å²) in [5, 5.41) is 19.5. The van der Waals surface area contributed by atoms with Crippen LogP contribution in [-0.2, 0) is 11.2 Å². The fourth-order valence-corrected chi connectivity index (χ4v) is 5.37. The first-order chi connectivity index (χ1) is 17.5. The van der Waals surface area contributed by atoms with Crippen molar-refractivity contribution in [1.29, 1.82) is 0 Å². The molecule has 182 valence electrons. The molecule has 0 radical (unpaired) electrons. The third-order valence-electron chi connectivity index (χ3n) is 7.32. The van der Waals surface area contributed by atoms with E-state index in [0.717, 1.165) is 16.8 Å². The van der Waals surface area contributed by atoms with Crippen LogP contribution in [0.2, 0.25) is 0 Å². The number of anilines is 1. The van der Waals surface area contributed by atoms with Crippen LogP contribution in [0.25, 0.3) is 11.1 Å². The van der Waals surface area contributed by atoms with Crippen molar-refractivity contribution in [2.45, 2.75) is 19.3 Å². The number of nitrogens with zero attached hydrogens (tertiary/aromatic N) is 2. The maximum atomic E-state index is 13.0. The molecule has 2 N–H and O–H groups in total. The molecule has 1 saturated heterocycles. The molecule has 7 heteroatoms. The first-order valence-electron chi connectivity index (χ1n) is 12.3. The van der Waals surface area contributed by atoms with Gasteiger partial charge in [0.25, 0.3) is 0 Å². The van der Waals surface area contributed by atoms with Crippen LogP contribution in [-0.4, -0.2) is 60.9 Å². The van der Waals surface area contributed by atoms with E-state index >= 15 is 0 Å². The van der Waals surface area contributed by atoms with Crippen LogP contribution < -0.4 is 10.4 Å². The largest absolute Gasteiger partial charge is 0.488 e. The van der Waals surface area contributed by atoms with E-state index in [1.54, 1.807) is 17.0 Å². The van der Waals surface area contributed by atoms with Crippen LogP contribution in [0.15, 0.2) is 60.7 Å². The molecule has 0 saturated carbocycles. The first kappa shape index (κ1) is 24.0. The average Bonchev–Trinajstić information content (AvgIpc) is 3.22. The van der Waals surface area contributed by atoms with Crippen LogP contribution in [0.3, 0.4) is 0 Å². The molecule has 0 bridgehead atoms. The van der Waals surface area contributed by atoms with Crippen LogP contribution in [0.1, 0.15) is 28.2 Å². The van der Waals surface area contributed by atoms with Crippen molar-refractivity contribution in [3.8, 4) is 23.5 Å². The van der Waals surface area contributed by atoms with Crippen molar-refractivity contribution in [1.82, 2.24) is 4.90 Å². The Hall–Kier alpha value is -3.73. The van der Waals surface area contributed by atoms with Gasteiger partial charge in [-0.25, -0.2) is 4.79 Å². The number of piperazine rings is 1. The van der Waals surface area contributed by atoms with Crippen molar-refractivity contribution in [3.63, 3.8) is 0 Å². The lowest BCUT2D eigenvalue weighted by Crippen LogP contribution is -2.49. The predicted octanol–water partition coefficient (Wildman–Crippen LogP) is 2.92. The molecule has 5 rings (SSSR count). The van der Waals surface area contributed by atoms with E-state index in [4.69, 9.17) is 11.2 Å². The van der Waals surface area contributed by atoms with Gasteiger partial charge in [0.15, 0.2) is 0 Å². The normalized spacial score (nSPS) is 14.7. The molecule has 3 aromatic rings. The number of rotatable bonds is 5. The van der Waals surface area contributed by atoms with E-state index in [9.17, 15) is 14.8 Å². The van der Waals surface area contributed by atoms with Gasteiger partial charge in [-0.05, 0) is 51.8 Å². The zero-order valence-corrected chi connectivity index (χ0v) is 20.4. The van der Waals surface area contributed by atoms with E-state index in [1.807, 2.05) is 31.2 Å². The van der Waals surface area contributed by atoms with Gasteiger partial charge in [0.2, 0.25) is 0 Å². The Morgan fingerprint density at radius 3 is 2.22 bits per heavy atom. The van der Waals surface area contributed by atoms with Crippen molar-refractivity contribution < 1.29 is 19.6 Å². The summed E-state index contributed by atoms with van der Waals surface area (Å²) in [6, 6.07) is 20.1. The third kappa shape index (κ3) is 4.46. The molecule has 1 fully saturated rings. The second-order valence-electron chi connectivity index (χ2n) is 9.36. The predicted molar refractivity (Wildman–Crippen MR) is 142 cm³/mol. The molecule has 0 unspecified atom stereocenters. The Balaban J connectivity index is 1.24. The minimum Gasteiger partial charge on any atom is -0.448 e. The lowest BCUT2D eigenvalue weighted by Gasteiger charge is -2.37. The van der Waals surface area contributed by atoms with Gasteiger partial charge in [-0.2, -0.15) is 0 Å². The number of amides is 1. The summed E-state index contributed by atoms with van der Waals surface area (Å²) >= 11 is 0. The molecular weight excluding hydrogens is 451 g/mol. The minimum absolute atomic E-state index is 0.0347. The Bertz CT molecular complexity index is 1280. The maximum Gasteiger partial charge on any atom is 0.488 e. The summed E-state index contributed by atoms with van der Waals surface area (Å²) in [6.45, 7) is 4.57. The number of terminal acetylenes is 1. The van der Waals surface area contributed by atoms with Gasteiger partial charge in [-0.3, -0.25) is 0 Å². The number of carbonyl (C=O) groups is 1. The Morgan fingerprint density at radius 2 is 1.64 bits per heavy atom. The fourth-order valence-electron chi connectivity index (χ4n) is 5.37. The number of benzene rings is 3. The van der Waals surface area contributed by atoms with Gasteiger partial charge in [0, 0.05) is 44.2 Å².